The number of carbonyl (C=O) groups is 2. The summed E-state index contributed by atoms with van der Waals surface area (Å²) in [6.45, 7) is -0.267. The molecule has 1 aromatic carbocycles. The fourth-order valence-corrected chi connectivity index (χ4v) is 3.02. The highest BCUT2D eigenvalue weighted by Crippen LogP contribution is 2.28. The first-order chi connectivity index (χ1) is 12.0. The molecule has 2 aromatic rings. The highest BCUT2D eigenvalue weighted by atomic mass is 16.5. The van der Waals surface area contributed by atoms with Gasteiger partial charge in [-0.1, -0.05) is 0 Å². The summed E-state index contributed by atoms with van der Waals surface area (Å²) in [5.74, 6) is -1.26. The quantitative estimate of drug-likeness (QED) is 0.755. The summed E-state index contributed by atoms with van der Waals surface area (Å²) in [6, 6.07) is 5.16. The van der Waals surface area contributed by atoms with Crippen LogP contribution < -0.4 is 20.8 Å². The Hall–Kier alpha value is -2.83. The maximum absolute atomic E-state index is 12.1. The van der Waals surface area contributed by atoms with E-state index in [1.807, 2.05) is 6.07 Å². The molecule has 132 valence electrons. The van der Waals surface area contributed by atoms with Gasteiger partial charge >= 0.3 is 5.63 Å². The van der Waals surface area contributed by atoms with Crippen LogP contribution in [-0.2, 0) is 22.4 Å². The van der Waals surface area contributed by atoms with Crippen LogP contribution in [0, 0.1) is 0 Å². The van der Waals surface area contributed by atoms with Crippen molar-refractivity contribution in [3.05, 3.63) is 39.7 Å². The zero-order chi connectivity index (χ0) is 17.8. The minimum atomic E-state index is -1.23. The molecule has 3 rings (SSSR count). The molecule has 1 heterocycles. The van der Waals surface area contributed by atoms with Crippen molar-refractivity contribution in [3.8, 4) is 5.75 Å². The number of benzene rings is 1. The van der Waals surface area contributed by atoms with Crippen LogP contribution in [0.4, 0.5) is 0 Å². The monoisotopic (exact) mass is 344 g/mol. The van der Waals surface area contributed by atoms with Gasteiger partial charge in [-0.15, -0.1) is 0 Å². The van der Waals surface area contributed by atoms with Crippen LogP contribution in [0.25, 0.3) is 11.0 Å². The predicted octanol–water partition coefficient (Wildman–Crippen LogP) is 0.307. The molecule has 0 spiro atoms. The molecular weight excluding hydrogens is 326 g/mol. The van der Waals surface area contributed by atoms with Crippen molar-refractivity contribution in [2.45, 2.75) is 32.1 Å². The summed E-state index contributed by atoms with van der Waals surface area (Å²) < 4.78 is 10.8. The highest BCUT2D eigenvalue weighted by Gasteiger charge is 2.18. The molecule has 0 atom stereocenters. The third kappa shape index (κ3) is 3.99. The molecule has 7 nitrogen and oxygen atoms in total. The van der Waals surface area contributed by atoms with E-state index in [0.717, 1.165) is 42.2 Å². The molecular formula is C18H18NO6-. The number of hydrogen-bond acceptors (Lipinski definition) is 6. The highest BCUT2D eigenvalue weighted by molar-refractivity contribution is 5.83. The van der Waals surface area contributed by atoms with Crippen molar-refractivity contribution in [2.24, 2.45) is 0 Å². The molecule has 25 heavy (non-hydrogen) atoms. The molecule has 1 amide bonds. The van der Waals surface area contributed by atoms with E-state index >= 15 is 0 Å². The van der Waals surface area contributed by atoms with Crippen LogP contribution in [0.3, 0.4) is 0 Å². The lowest BCUT2D eigenvalue weighted by Crippen LogP contribution is -2.33. The summed E-state index contributed by atoms with van der Waals surface area (Å²) in [4.78, 5) is 34.0. The maximum atomic E-state index is 12.1. The molecule has 7 heteroatoms. The van der Waals surface area contributed by atoms with Gasteiger partial charge in [0.05, 0.1) is 0 Å². The average molecular weight is 344 g/mol. The zero-order valence-electron chi connectivity index (χ0n) is 13.6. The molecule has 0 fully saturated rings. The van der Waals surface area contributed by atoms with Crippen LogP contribution in [0.15, 0.2) is 27.4 Å². The van der Waals surface area contributed by atoms with E-state index in [9.17, 15) is 19.5 Å². The third-order valence-electron chi connectivity index (χ3n) is 4.22. The van der Waals surface area contributed by atoms with Gasteiger partial charge in [0.2, 0.25) is 0 Å². The molecule has 1 aliphatic carbocycles. The second-order valence-corrected chi connectivity index (χ2v) is 5.97. The number of nitrogens with one attached hydrogen (secondary N) is 1. The number of aryl methyl sites for hydroxylation is 1. The van der Waals surface area contributed by atoms with Gasteiger partial charge in [-0.25, -0.2) is 4.79 Å². The number of ether oxygens (including phenoxy) is 1. The van der Waals surface area contributed by atoms with Gasteiger partial charge in [-0.2, -0.15) is 0 Å². The first kappa shape index (κ1) is 17.0. The Morgan fingerprint density at radius 3 is 2.72 bits per heavy atom. The van der Waals surface area contributed by atoms with Crippen molar-refractivity contribution in [1.29, 1.82) is 0 Å². The van der Waals surface area contributed by atoms with Gasteiger partial charge in [0.25, 0.3) is 5.91 Å². The van der Waals surface area contributed by atoms with Crippen LogP contribution in [0.5, 0.6) is 5.75 Å². The lowest BCUT2D eigenvalue weighted by atomic mass is 9.91. The van der Waals surface area contributed by atoms with Crippen LogP contribution in [-0.4, -0.2) is 25.0 Å². The molecule has 0 saturated carbocycles. The van der Waals surface area contributed by atoms with Crippen LogP contribution >= 0.6 is 0 Å². The summed E-state index contributed by atoms with van der Waals surface area (Å²) in [6.07, 6.45) is 3.40. The van der Waals surface area contributed by atoms with Crippen molar-refractivity contribution >= 4 is 22.8 Å². The first-order valence-corrected chi connectivity index (χ1v) is 8.22. The largest absolute Gasteiger partial charge is 0.550 e. The zero-order valence-corrected chi connectivity index (χ0v) is 13.6. The van der Waals surface area contributed by atoms with Gasteiger partial charge < -0.3 is 24.4 Å². The predicted molar refractivity (Wildman–Crippen MR) is 87.3 cm³/mol. The lowest BCUT2D eigenvalue weighted by Gasteiger charge is -2.16. The Labute approximate surface area is 143 Å². The van der Waals surface area contributed by atoms with Gasteiger partial charge in [-0.05, 0) is 43.4 Å². The standard InChI is InChI=1S/C18H19NO6/c20-16(19-8-7-17(21)22)10-24-11-5-6-13-12-3-1-2-4-14(12)18(23)25-15(13)9-11/h5-6,9H,1-4,7-8,10H2,(H,19,20)(H,21,22)/p-1. The number of hydrogen-bond donors (Lipinski definition) is 1. The summed E-state index contributed by atoms with van der Waals surface area (Å²) >= 11 is 0. The Morgan fingerprint density at radius 2 is 1.96 bits per heavy atom. The number of fused-ring (bicyclic) bond motifs is 3. The minimum Gasteiger partial charge on any atom is -0.550 e. The molecule has 0 bridgehead atoms. The van der Waals surface area contributed by atoms with Gasteiger partial charge in [0.15, 0.2) is 6.61 Å². The SMILES string of the molecule is O=C([O-])CCNC(=O)COc1ccc2c3c(c(=O)oc2c1)CCCC3. The van der Waals surface area contributed by atoms with Crippen molar-refractivity contribution in [1.82, 2.24) is 5.32 Å². The average Bonchev–Trinajstić information content (AvgIpc) is 2.59. The lowest BCUT2D eigenvalue weighted by molar-refractivity contribution is -0.305. The Kier molecular flexibility index (Phi) is 5.02. The van der Waals surface area contributed by atoms with E-state index in [1.165, 1.54) is 0 Å². The summed E-state index contributed by atoms with van der Waals surface area (Å²) in [5, 5.41) is 13.6. The normalized spacial score (nSPS) is 13.3. The van der Waals surface area contributed by atoms with Crippen molar-refractivity contribution < 1.29 is 23.8 Å². The van der Waals surface area contributed by atoms with Crippen LogP contribution in [0.1, 0.15) is 30.4 Å². The van der Waals surface area contributed by atoms with Gasteiger partial charge in [-0.3, -0.25) is 4.79 Å². The number of rotatable bonds is 6. The molecule has 0 radical (unpaired) electrons. The molecule has 1 aliphatic rings. The number of amides is 1. The van der Waals surface area contributed by atoms with E-state index < -0.39 is 11.9 Å². The number of carbonyl (C=O) groups excluding carboxylic acids is 2. The summed E-state index contributed by atoms with van der Waals surface area (Å²) in [5.41, 5.74) is 1.95. The number of aliphatic carboxylic acids is 1. The van der Waals surface area contributed by atoms with E-state index in [1.54, 1.807) is 12.1 Å². The van der Waals surface area contributed by atoms with Crippen molar-refractivity contribution in [3.63, 3.8) is 0 Å². The molecule has 0 saturated heterocycles. The van der Waals surface area contributed by atoms with Crippen LogP contribution in [0.2, 0.25) is 0 Å². The minimum absolute atomic E-state index is 0.0107. The fraction of sp³-hybridized carbons (Fsp3) is 0.389. The van der Waals surface area contributed by atoms with E-state index in [2.05, 4.69) is 5.32 Å². The second kappa shape index (κ2) is 7.38. The smallest absolute Gasteiger partial charge is 0.339 e. The summed E-state index contributed by atoms with van der Waals surface area (Å²) in [7, 11) is 0. The number of carboxylic acids is 1. The van der Waals surface area contributed by atoms with Crippen molar-refractivity contribution in [2.75, 3.05) is 13.2 Å². The fourth-order valence-electron chi connectivity index (χ4n) is 3.02. The number of carboxylic acid groups (broad SMARTS) is 1. The first-order valence-electron chi connectivity index (χ1n) is 8.22. The Bertz CT molecular complexity index is 870. The third-order valence-corrected chi connectivity index (χ3v) is 4.22. The molecule has 1 N–H and O–H groups in total. The van der Waals surface area contributed by atoms with E-state index in [-0.39, 0.29) is 25.2 Å². The molecule has 0 unspecified atom stereocenters. The van der Waals surface area contributed by atoms with Gasteiger partial charge in [0, 0.05) is 36.0 Å². The van der Waals surface area contributed by atoms with E-state index in [4.69, 9.17) is 9.15 Å². The van der Waals surface area contributed by atoms with E-state index in [0.29, 0.717) is 11.3 Å². The topological polar surface area (TPSA) is 109 Å². The molecule has 1 aromatic heterocycles. The Morgan fingerprint density at radius 1 is 1.20 bits per heavy atom. The Balaban J connectivity index is 1.70. The second-order valence-electron chi connectivity index (χ2n) is 5.97. The van der Waals surface area contributed by atoms with Gasteiger partial charge in [0.1, 0.15) is 11.3 Å². The molecule has 0 aliphatic heterocycles. The maximum Gasteiger partial charge on any atom is 0.339 e.